The summed E-state index contributed by atoms with van der Waals surface area (Å²) < 4.78 is 0. The lowest BCUT2D eigenvalue weighted by Crippen LogP contribution is -2.44. The van der Waals surface area contributed by atoms with Gasteiger partial charge >= 0.3 is 0 Å². The Morgan fingerprint density at radius 2 is 2.06 bits per heavy atom. The molecule has 2 amide bonds. The Kier molecular flexibility index (Phi) is 3.93. The van der Waals surface area contributed by atoms with E-state index >= 15 is 0 Å². The van der Waals surface area contributed by atoms with Crippen molar-refractivity contribution >= 4 is 11.8 Å². The van der Waals surface area contributed by atoms with E-state index in [-0.39, 0.29) is 11.6 Å². The van der Waals surface area contributed by atoms with E-state index in [9.17, 15) is 9.59 Å². The van der Waals surface area contributed by atoms with E-state index < -0.39 is 11.9 Å². The predicted octanol–water partition coefficient (Wildman–Crippen LogP) is -0.317. The van der Waals surface area contributed by atoms with Crippen molar-refractivity contribution in [2.75, 3.05) is 14.1 Å². The highest BCUT2D eigenvalue weighted by molar-refractivity contribution is 5.95. The minimum Gasteiger partial charge on any atom is -0.347 e. The van der Waals surface area contributed by atoms with Crippen molar-refractivity contribution in [2.45, 2.75) is 13.0 Å². The maximum Gasteiger partial charge on any atom is 0.272 e. The molecule has 1 heterocycles. The van der Waals surface area contributed by atoms with Crippen molar-refractivity contribution in [1.29, 1.82) is 0 Å². The molecule has 0 aliphatic heterocycles. The zero-order valence-electron chi connectivity index (χ0n) is 9.47. The third-order valence-corrected chi connectivity index (χ3v) is 1.95. The molecule has 0 saturated heterocycles. The van der Waals surface area contributed by atoms with Gasteiger partial charge in [-0.25, -0.2) is 4.98 Å². The third-order valence-electron chi connectivity index (χ3n) is 1.95. The smallest absolute Gasteiger partial charge is 0.272 e. The Morgan fingerprint density at radius 3 is 2.56 bits per heavy atom. The SMILES string of the molecule is CC(NC(=O)c1cnccn1)C(=O)N(C)C. The van der Waals surface area contributed by atoms with Gasteiger partial charge in [0.15, 0.2) is 0 Å². The largest absolute Gasteiger partial charge is 0.347 e. The lowest BCUT2D eigenvalue weighted by atomic mass is 10.3. The molecule has 0 spiro atoms. The number of aromatic nitrogens is 2. The molecule has 1 rings (SSSR count). The second kappa shape index (κ2) is 5.20. The van der Waals surface area contributed by atoms with E-state index in [0.717, 1.165) is 0 Å². The summed E-state index contributed by atoms with van der Waals surface area (Å²) in [6, 6.07) is -0.579. The zero-order chi connectivity index (χ0) is 12.1. The average molecular weight is 222 g/mol. The third kappa shape index (κ3) is 3.01. The summed E-state index contributed by atoms with van der Waals surface area (Å²) in [4.78, 5) is 32.1. The number of carbonyl (C=O) groups is 2. The van der Waals surface area contributed by atoms with Crippen LogP contribution in [0.1, 0.15) is 17.4 Å². The second-order valence-electron chi connectivity index (χ2n) is 3.52. The van der Waals surface area contributed by atoms with Crippen molar-refractivity contribution in [3.05, 3.63) is 24.3 Å². The van der Waals surface area contributed by atoms with E-state index in [4.69, 9.17) is 0 Å². The molecule has 1 aromatic heterocycles. The number of nitrogens with zero attached hydrogens (tertiary/aromatic N) is 3. The first-order valence-corrected chi connectivity index (χ1v) is 4.80. The summed E-state index contributed by atoms with van der Waals surface area (Å²) in [5.41, 5.74) is 0.195. The van der Waals surface area contributed by atoms with Gasteiger partial charge in [-0.05, 0) is 6.92 Å². The minimum atomic E-state index is -0.579. The van der Waals surface area contributed by atoms with Crippen molar-refractivity contribution in [1.82, 2.24) is 20.2 Å². The number of amides is 2. The Labute approximate surface area is 93.7 Å². The topological polar surface area (TPSA) is 75.2 Å². The van der Waals surface area contributed by atoms with Crippen LogP contribution >= 0.6 is 0 Å². The summed E-state index contributed by atoms with van der Waals surface area (Å²) in [7, 11) is 3.26. The van der Waals surface area contributed by atoms with Crippen LogP contribution in [0.3, 0.4) is 0 Å². The number of carbonyl (C=O) groups excluding carboxylic acids is 2. The van der Waals surface area contributed by atoms with Crippen LogP contribution in [-0.4, -0.2) is 46.8 Å². The second-order valence-corrected chi connectivity index (χ2v) is 3.52. The van der Waals surface area contributed by atoms with Crippen molar-refractivity contribution in [3.8, 4) is 0 Å². The van der Waals surface area contributed by atoms with Gasteiger partial charge in [0, 0.05) is 26.5 Å². The molecule has 1 N–H and O–H groups in total. The summed E-state index contributed by atoms with van der Waals surface area (Å²) in [5, 5.41) is 2.54. The number of nitrogens with one attached hydrogen (secondary N) is 1. The molecule has 1 atom stereocenters. The van der Waals surface area contributed by atoms with Gasteiger partial charge in [0.2, 0.25) is 5.91 Å². The Bertz CT molecular complexity index is 378. The van der Waals surface area contributed by atoms with Crippen LogP contribution in [0.25, 0.3) is 0 Å². The number of rotatable bonds is 3. The van der Waals surface area contributed by atoms with Gasteiger partial charge in [0.1, 0.15) is 11.7 Å². The van der Waals surface area contributed by atoms with Crippen LogP contribution in [0.4, 0.5) is 0 Å². The fourth-order valence-electron chi connectivity index (χ4n) is 1.14. The first-order chi connectivity index (χ1) is 7.52. The Balaban J connectivity index is 2.62. The summed E-state index contributed by atoms with van der Waals surface area (Å²) in [5.74, 6) is -0.576. The zero-order valence-corrected chi connectivity index (χ0v) is 9.47. The van der Waals surface area contributed by atoms with Gasteiger partial charge in [-0.1, -0.05) is 0 Å². The van der Waals surface area contributed by atoms with Crippen LogP contribution < -0.4 is 5.32 Å². The molecule has 0 fully saturated rings. The summed E-state index contributed by atoms with van der Waals surface area (Å²) in [6.45, 7) is 1.62. The molecule has 1 aromatic rings. The van der Waals surface area contributed by atoms with E-state index in [1.165, 1.54) is 23.5 Å². The molecule has 0 aromatic carbocycles. The van der Waals surface area contributed by atoms with Crippen molar-refractivity contribution in [2.24, 2.45) is 0 Å². The molecule has 0 aliphatic rings. The van der Waals surface area contributed by atoms with Gasteiger partial charge in [0.05, 0.1) is 6.20 Å². The Hall–Kier alpha value is -1.98. The van der Waals surface area contributed by atoms with E-state index in [0.29, 0.717) is 0 Å². The first kappa shape index (κ1) is 12.1. The highest BCUT2D eigenvalue weighted by Crippen LogP contribution is 1.94. The van der Waals surface area contributed by atoms with E-state index in [2.05, 4.69) is 15.3 Å². The van der Waals surface area contributed by atoms with Gasteiger partial charge < -0.3 is 10.2 Å². The molecule has 6 heteroatoms. The quantitative estimate of drug-likeness (QED) is 0.760. The van der Waals surface area contributed by atoms with Crippen LogP contribution in [0.15, 0.2) is 18.6 Å². The Morgan fingerprint density at radius 1 is 1.38 bits per heavy atom. The molecule has 0 radical (unpaired) electrons. The highest BCUT2D eigenvalue weighted by atomic mass is 16.2. The van der Waals surface area contributed by atoms with E-state index in [1.807, 2.05) is 0 Å². The fraction of sp³-hybridized carbons (Fsp3) is 0.400. The summed E-state index contributed by atoms with van der Waals surface area (Å²) >= 11 is 0. The molecule has 16 heavy (non-hydrogen) atoms. The normalized spacial score (nSPS) is 11.7. The summed E-state index contributed by atoms with van der Waals surface area (Å²) in [6.07, 6.45) is 4.25. The number of hydrogen-bond acceptors (Lipinski definition) is 4. The van der Waals surface area contributed by atoms with Crippen LogP contribution in [0.5, 0.6) is 0 Å². The fourth-order valence-corrected chi connectivity index (χ4v) is 1.14. The van der Waals surface area contributed by atoms with Gasteiger partial charge in [-0.15, -0.1) is 0 Å². The standard InChI is InChI=1S/C10H14N4O2/c1-7(10(16)14(2)3)13-9(15)8-6-11-4-5-12-8/h4-7H,1-3H3,(H,13,15). The minimum absolute atomic E-state index is 0.169. The molecule has 0 aliphatic carbocycles. The predicted molar refractivity (Wildman–Crippen MR) is 57.7 cm³/mol. The lowest BCUT2D eigenvalue weighted by molar-refractivity contribution is -0.130. The van der Waals surface area contributed by atoms with Crippen LogP contribution in [0.2, 0.25) is 0 Å². The monoisotopic (exact) mass is 222 g/mol. The molecule has 0 saturated carbocycles. The van der Waals surface area contributed by atoms with Crippen molar-refractivity contribution < 1.29 is 9.59 Å². The van der Waals surface area contributed by atoms with Gasteiger partial charge in [-0.2, -0.15) is 0 Å². The molecule has 1 unspecified atom stereocenters. The van der Waals surface area contributed by atoms with Crippen LogP contribution in [-0.2, 0) is 4.79 Å². The molecule has 0 bridgehead atoms. The van der Waals surface area contributed by atoms with Gasteiger partial charge in [-0.3, -0.25) is 14.6 Å². The number of likely N-dealkylation sites (N-methyl/N-ethyl adjacent to an activating group) is 1. The average Bonchev–Trinajstić information content (AvgIpc) is 2.28. The molecular weight excluding hydrogens is 208 g/mol. The first-order valence-electron chi connectivity index (χ1n) is 4.80. The van der Waals surface area contributed by atoms with Crippen LogP contribution in [0, 0.1) is 0 Å². The molecule has 86 valence electrons. The number of hydrogen-bond donors (Lipinski definition) is 1. The maximum atomic E-state index is 11.6. The lowest BCUT2D eigenvalue weighted by Gasteiger charge is -2.17. The highest BCUT2D eigenvalue weighted by Gasteiger charge is 2.18. The van der Waals surface area contributed by atoms with Gasteiger partial charge in [0.25, 0.3) is 5.91 Å². The molecular formula is C10H14N4O2. The maximum absolute atomic E-state index is 11.6. The van der Waals surface area contributed by atoms with Crippen molar-refractivity contribution in [3.63, 3.8) is 0 Å². The molecule has 6 nitrogen and oxygen atoms in total. The van der Waals surface area contributed by atoms with E-state index in [1.54, 1.807) is 21.0 Å².